The summed E-state index contributed by atoms with van der Waals surface area (Å²) in [5.41, 5.74) is 0.143. The first-order chi connectivity index (χ1) is 14.3. The monoisotopic (exact) mass is 434 g/mol. The maximum absolute atomic E-state index is 12.9. The number of carbonyl (C=O) groups is 1. The third-order valence-electron chi connectivity index (χ3n) is 5.67. The molecule has 9 heteroatoms. The highest BCUT2D eigenvalue weighted by Crippen LogP contribution is 2.25. The Morgan fingerprint density at radius 1 is 1.20 bits per heavy atom. The van der Waals surface area contributed by atoms with Crippen LogP contribution in [0.5, 0.6) is 0 Å². The molecule has 2 heterocycles. The van der Waals surface area contributed by atoms with Crippen LogP contribution in [-0.4, -0.2) is 75.0 Å². The summed E-state index contributed by atoms with van der Waals surface area (Å²) in [5.74, 6) is -0.205. The SMILES string of the molecule is CC1CN(CCNC(=O)C2CCN(S(=O)(=O)c3ccccc3C#N)CC2)CC(C)O1. The average molecular weight is 435 g/mol. The van der Waals surface area contributed by atoms with Crippen LogP contribution >= 0.6 is 0 Å². The second kappa shape index (κ2) is 9.88. The number of morpholine rings is 1. The van der Waals surface area contributed by atoms with Gasteiger partial charge in [0.25, 0.3) is 0 Å². The van der Waals surface area contributed by atoms with Gasteiger partial charge >= 0.3 is 0 Å². The molecule has 1 N–H and O–H groups in total. The summed E-state index contributed by atoms with van der Waals surface area (Å²) in [6.45, 7) is 7.74. The predicted molar refractivity (Wildman–Crippen MR) is 112 cm³/mol. The van der Waals surface area contributed by atoms with Crippen molar-refractivity contribution in [2.45, 2.75) is 43.8 Å². The molecule has 0 radical (unpaired) electrons. The standard InChI is InChI=1S/C21H30N4O4S/c1-16-14-24(15-17(2)29-16)12-9-23-21(26)18-7-10-25(11-8-18)30(27,28)20-6-4-3-5-19(20)13-22/h3-6,16-18H,7-12,14-15H2,1-2H3,(H,23,26). The minimum absolute atomic E-state index is 0.0150. The van der Waals surface area contributed by atoms with Crippen molar-refractivity contribution in [3.05, 3.63) is 29.8 Å². The summed E-state index contributed by atoms with van der Waals surface area (Å²) in [6, 6.07) is 8.16. The zero-order chi connectivity index (χ0) is 21.7. The van der Waals surface area contributed by atoms with Gasteiger partial charge in [-0.15, -0.1) is 0 Å². The summed E-state index contributed by atoms with van der Waals surface area (Å²) in [7, 11) is -3.74. The number of sulfonamides is 1. The van der Waals surface area contributed by atoms with E-state index in [4.69, 9.17) is 4.74 Å². The van der Waals surface area contributed by atoms with Crippen LogP contribution in [0.3, 0.4) is 0 Å². The number of rotatable bonds is 6. The van der Waals surface area contributed by atoms with E-state index in [1.807, 2.05) is 6.07 Å². The molecule has 2 aliphatic rings. The molecule has 0 spiro atoms. The van der Waals surface area contributed by atoms with Gasteiger partial charge in [0.1, 0.15) is 6.07 Å². The first-order valence-electron chi connectivity index (χ1n) is 10.5. The number of benzene rings is 1. The van der Waals surface area contributed by atoms with Gasteiger partial charge in [0.05, 0.1) is 22.7 Å². The van der Waals surface area contributed by atoms with Gasteiger partial charge in [-0.1, -0.05) is 12.1 Å². The van der Waals surface area contributed by atoms with E-state index in [1.54, 1.807) is 12.1 Å². The molecular formula is C21H30N4O4S. The van der Waals surface area contributed by atoms with Crippen molar-refractivity contribution < 1.29 is 17.9 Å². The fourth-order valence-electron chi connectivity index (χ4n) is 4.23. The maximum atomic E-state index is 12.9. The van der Waals surface area contributed by atoms with Crippen molar-refractivity contribution in [1.82, 2.24) is 14.5 Å². The number of nitriles is 1. The quantitative estimate of drug-likeness (QED) is 0.721. The highest BCUT2D eigenvalue weighted by Gasteiger charge is 2.33. The normalized spacial score (nSPS) is 24.3. The van der Waals surface area contributed by atoms with Crippen LogP contribution in [0.2, 0.25) is 0 Å². The highest BCUT2D eigenvalue weighted by atomic mass is 32.2. The molecule has 8 nitrogen and oxygen atoms in total. The van der Waals surface area contributed by atoms with E-state index in [2.05, 4.69) is 24.1 Å². The number of nitrogens with one attached hydrogen (secondary N) is 1. The Morgan fingerprint density at radius 2 is 1.83 bits per heavy atom. The molecule has 0 aliphatic carbocycles. The topological polar surface area (TPSA) is 103 Å². The van der Waals surface area contributed by atoms with Crippen molar-refractivity contribution in [2.75, 3.05) is 39.3 Å². The van der Waals surface area contributed by atoms with Gasteiger partial charge < -0.3 is 10.1 Å². The van der Waals surface area contributed by atoms with Crippen LogP contribution in [0, 0.1) is 17.2 Å². The van der Waals surface area contributed by atoms with Gasteiger partial charge in [-0.05, 0) is 38.8 Å². The molecule has 1 aromatic rings. The highest BCUT2D eigenvalue weighted by molar-refractivity contribution is 7.89. The number of piperidine rings is 1. The molecule has 3 rings (SSSR count). The minimum Gasteiger partial charge on any atom is -0.373 e. The number of nitrogens with zero attached hydrogens (tertiary/aromatic N) is 3. The van der Waals surface area contributed by atoms with Crippen LogP contribution < -0.4 is 5.32 Å². The van der Waals surface area contributed by atoms with Crippen molar-refractivity contribution >= 4 is 15.9 Å². The maximum Gasteiger partial charge on any atom is 0.244 e. The molecule has 2 unspecified atom stereocenters. The lowest BCUT2D eigenvalue weighted by Gasteiger charge is -2.35. The number of hydrogen-bond donors (Lipinski definition) is 1. The molecule has 30 heavy (non-hydrogen) atoms. The van der Waals surface area contributed by atoms with Crippen molar-refractivity contribution in [2.24, 2.45) is 5.92 Å². The number of amides is 1. The van der Waals surface area contributed by atoms with Gasteiger partial charge in [-0.2, -0.15) is 9.57 Å². The first-order valence-corrected chi connectivity index (χ1v) is 11.9. The summed E-state index contributed by atoms with van der Waals surface area (Å²) < 4.78 is 32.9. The lowest BCUT2D eigenvalue weighted by Crippen LogP contribution is -2.48. The van der Waals surface area contributed by atoms with Crippen molar-refractivity contribution in [3.8, 4) is 6.07 Å². The Morgan fingerprint density at radius 3 is 2.47 bits per heavy atom. The third-order valence-corrected chi connectivity index (χ3v) is 7.63. The van der Waals surface area contributed by atoms with Crippen LogP contribution in [0.1, 0.15) is 32.3 Å². The lowest BCUT2D eigenvalue weighted by atomic mass is 9.97. The smallest absolute Gasteiger partial charge is 0.244 e. The zero-order valence-electron chi connectivity index (χ0n) is 17.6. The Bertz CT molecular complexity index is 881. The Hall–Kier alpha value is -1.99. The molecule has 1 aromatic carbocycles. The molecule has 2 fully saturated rings. The largest absolute Gasteiger partial charge is 0.373 e. The number of hydrogen-bond acceptors (Lipinski definition) is 6. The fourth-order valence-corrected chi connectivity index (χ4v) is 5.84. The second-order valence-electron chi connectivity index (χ2n) is 8.09. The molecule has 0 bridgehead atoms. The Balaban J connectivity index is 1.48. The van der Waals surface area contributed by atoms with E-state index in [1.165, 1.54) is 16.4 Å². The fraction of sp³-hybridized carbons (Fsp3) is 0.619. The number of carbonyl (C=O) groups excluding carboxylic acids is 1. The average Bonchev–Trinajstić information content (AvgIpc) is 2.73. The zero-order valence-corrected chi connectivity index (χ0v) is 18.4. The molecule has 164 valence electrons. The summed E-state index contributed by atoms with van der Waals surface area (Å²) in [4.78, 5) is 14.9. The minimum atomic E-state index is -3.74. The van der Waals surface area contributed by atoms with E-state index in [0.717, 1.165) is 19.6 Å². The van der Waals surface area contributed by atoms with Crippen molar-refractivity contribution in [3.63, 3.8) is 0 Å². The first kappa shape index (κ1) is 22.7. The van der Waals surface area contributed by atoms with Gasteiger partial charge in [0.15, 0.2) is 0 Å². The Kier molecular flexibility index (Phi) is 7.47. The van der Waals surface area contributed by atoms with Crippen LogP contribution in [0.15, 0.2) is 29.2 Å². The molecule has 0 saturated carbocycles. The van der Waals surface area contributed by atoms with E-state index < -0.39 is 10.0 Å². The van der Waals surface area contributed by atoms with Gasteiger partial charge in [-0.3, -0.25) is 9.69 Å². The molecule has 2 aliphatic heterocycles. The Labute approximate surface area is 178 Å². The molecular weight excluding hydrogens is 404 g/mol. The van der Waals surface area contributed by atoms with Crippen LogP contribution in [0.4, 0.5) is 0 Å². The van der Waals surface area contributed by atoms with E-state index in [9.17, 15) is 18.5 Å². The summed E-state index contributed by atoms with van der Waals surface area (Å²) >= 11 is 0. The van der Waals surface area contributed by atoms with E-state index >= 15 is 0 Å². The number of ether oxygens (including phenoxy) is 1. The summed E-state index contributed by atoms with van der Waals surface area (Å²) in [6.07, 6.45) is 1.35. The van der Waals surface area contributed by atoms with Crippen molar-refractivity contribution in [1.29, 1.82) is 5.26 Å². The third kappa shape index (κ3) is 5.38. The molecule has 0 aromatic heterocycles. The van der Waals surface area contributed by atoms with E-state index in [0.29, 0.717) is 19.4 Å². The van der Waals surface area contributed by atoms with Crippen LogP contribution in [0.25, 0.3) is 0 Å². The molecule has 2 saturated heterocycles. The van der Waals surface area contributed by atoms with Crippen LogP contribution in [-0.2, 0) is 19.6 Å². The lowest BCUT2D eigenvalue weighted by molar-refractivity contribution is -0.126. The van der Waals surface area contributed by atoms with Gasteiger partial charge in [0, 0.05) is 45.2 Å². The second-order valence-corrected chi connectivity index (χ2v) is 10.0. The van der Waals surface area contributed by atoms with E-state index in [-0.39, 0.29) is 47.6 Å². The molecule has 2 atom stereocenters. The van der Waals surface area contributed by atoms with Gasteiger partial charge in [0.2, 0.25) is 15.9 Å². The van der Waals surface area contributed by atoms with Gasteiger partial charge in [-0.25, -0.2) is 8.42 Å². The molecule has 1 amide bonds. The summed E-state index contributed by atoms with van der Waals surface area (Å²) in [5, 5.41) is 12.2. The predicted octanol–water partition coefficient (Wildman–Crippen LogP) is 1.18.